The third-order valence-corrected chi connectivity index (χ3v) is 12.7. The lowest BCUT2D eigenvalue weighted by molar-refractivity contribution is 0.931. The van der Waals surface area contributed by atoms with Gasteiger partial charge in [-0.25, -0.2) is 0 Å². The van der Waals surface area contributed by atoms with E-state index in [4.69, 9.17) is 4.98 Å². The molecule has 0 radical (unpaired) electrons. The second-order valence-electron chi connectivity index (χ2n) is 17.1. The summed E-state index contributed by atoms with van der Waals surface area (Å²) in [5.41, 5.74) is 22.4. The number of aromatic nitrogens is 3. The van der Waals surface area contributed by atoms with Gasteiger partial charge in [0, 0.05) is 35.3 Å². The van der Waals surface area contributed by atoms with Gasteiger partial charge in [0.1, 0.15) is 0 Å². The molecule has 3 aromatic heterocycles. The predicted molar refractivity (Wildman–Crippen MR) is 275 cm³/mol. The molecule has 0 N–H and O–H groups in total. The Bertz CT molecular complexity index is 3210. The fourth-order valence-electron chi connectivity index (χ4n) is 9.03. The molecule has 0 aliphatic rings. The standard InChI is InChI=1S/C63H48N4/c1-44-38-53(31-32-55(44)43-64)49-27-29-50(30-28-49)60-42-54(63-14-6-9-37-67-63)33-34-59(60)58-11-3-2-10-57(58)56-40-47(17-15-45-19-23-51(24-20-45)61-12-4-7-35-65-61)39-48(41-56)18-16-46-21-25-52(26-22-46)62-13-5-8-36-66-62/h2-14,19-42H,15-18H2,1H3. The van der Waals surface area contributed by atoms with Gasteiger partial charge in [0.15, 0.2) is 0 Å². The molecule has 3 heterocycles. The molecule has 0 fully saturated rings. The molecule has 0 atom stereocenters. The molecule has 320 valence electrons. The second kappa shape index (κ2) is 19.7. The number of nitrogens with zero attached hydrogens (tertiary/aromatic N) is 4. The molecule has 10 aromatic rings. The first kappa shape index (κ1) is 42.4. The summed E-state index contributed by atoms with van der Waals surface area (Å²) in [6.45, 7) is 1.99. The molecule has 0 saturated heterocycles. The molecule has 0 aliphatic heterocycles. The predicted octanol–water partition coefficient (Wildman–Crippen LogP) is 15.3. The van der Waals surface area contributed by atoms with E-state index in [1.807, 2.05) is 74.0 Å². The summed E-state index contributed by atoms with van der Waals surface area (Å²) in [5, 5.41) is 9.54. The molecule has 4 nitrogen and oxygen atoms in total. The van der Waals surface area contributed by atoms with Crippen molar-refractivity contribution in [1.82, 2.24) is 15.0 Å². The molecule has 0 unspecified atom stereocenters. The van der Waals surface area contributed by atoms with Crippen molar-refractivity contribution in [2.45, 2.75) is 32.6 Å². The van der Waals surface area contributed by atoms with Crippen molar-refractivity contribution in [3.63, 3.8) is 0 Å². The van der Waals surface area contributed by atoms with E-state index < -0.39 is 0 Å². The maximum Gasteiger partial charge on any atom is 0.0994 e. The second-order valence-corrected chi connectivity index (χ2v) is 17.1. The SMILES string of the molecule is Cc1cc(-c2ccc(-c3cc(-c4ccccn4)ccc3-c3ccccc3-c3cc(CCc4ccc(-c5ccccn5)cc4)cc(CCc4ccc(-c5ccccn5)cc4)c3)cc2)ccc1C#N. The Balaban J connectivity index is 1.01. The number of pyridine rings is 3. The van der Waals surface area contributed by atoms with Gasteiger partial charge >= 0.3 is 0 Å². The van der Waals surface area contributed by atoms with E-state index in [1.54, 1.807) is 0 Å². The van der Waals surface area contributed by atoms with E-state index in [0.29, 0.717) is 5.56 Å². The van der Waals surface area contributed by atoms with Gasteiger partial charge in [-0.05, 0) is 153 Å². The Labute approximate surface area is 393 Å². The first-order chi connectivity index (χ1) is 33.0. The minimum absolute atomic E-state index is 0.700. The summed E-state index contributed by atoms with van der Waals surface area (Å²) < 4.78 is 0. The zero-order valence-corrected chi connectivity index (χ0v) is 37.5. The molecule has 0 aliphatic carbocycles. The highest BCUT2D eigenvalue weighted by molar-refractivity contribution is 5.94. The van der Waals surface area contributed by atoms with Crippen LogP contribution in [0, 0.1) is 18.3 Å². The third kappa shape index (κ3) is 9.78. The van der Waals surface area contributed by atoms with E-state index in [-0.39, 0.29) is 0 Å². The number of hydrogen-bond acceptors (Lipinski definition) is 4. The van der Waals surface area contributed by atoms with Crippen LogP contribution in [0.2, 0.25) is 0 Å². The summed E-state index contributed by atoms with van der Waals surface area (Å²) in [5.74, 6) is 0. The maximum atomic E-state index is 9.54. The van der Waals surface area contributed by atoms with E-state index in [0.717, 1.165) is 92.8 Å². The van der Waals surface area contributed by atoms with Gasteiger partial charge in [-0.2, -0.15) is 5.26 Å². The zero-order valence-electron chi connectivity index (χ0n) is 37.5. The van der Waals surface area contributed by atoms with Crippen LogP contribution in [-0.2, 0) is 25.7 Å². The van der Waals surface area contributed by atoms with Gasteiger partial charge in [-0.1, -0.05) is 158 Å². The van der Waals surface area contributed by atoms with Crippen molar-refractivity contribution in [1.29, 1.82) is 5.26 Å². The lowest BCUT2D eigenvalue weighted by Gasteiger charge is -2.18. The van der Waals surface area contributed by atoms with E-state index in [1.165, 1.54) is 38.9 Å². The van der Waals surface area contributed by atoms with Gasteiger partial charge in [-0.3, -0.25) is 15.0 Å². The third-order valence-electron chi connectivity index (χ3n) is 12.7. The van der Waals surface area contributed by atoms with Crippen LogP contribution in [-0.4, -0.2) is 15.0 Å². The minimum Gasteiger partial charge on any atom is -0.256 e. The average molecular weight is 861 g/mol. The smallest absolute Gasteiger partial charge is 0.0994 e. The van der Waals surface area contributed by atoms with Crippen LogP contribution in [0.25, 0.3) is 78.3 Å². The quantitative estimate of drug-likeness (QED) is 0.116. The van der Waals surface area contributed by atoms with E-state index >= 15 is 0 Å². The van der Waals surface area contributed by atoms with Crippen LogP contribution in [0.4, 0.5) is 0 Å². The summed E-state index contributed by atoms with van der Waals surface area (Å²) in [4.78, 5) is 13.8. The molecule has 0 spiro atoms. The van der Waals surface area contributed by atoms with Crippen LogP contribution in [0.3, 0.4) is 0 Å². The fraction of sp³-hybridized carbons (Fsp3) is 0.0794. The topological polar surface area (TPSA) is 62.5 Å². The average Bonchev–Trinajstić information content (AvgIpc) is 3.40. The van der Waals surface area contributed by atoms with Crippen LogP contribution in [0.1, 0.15) is 33.4 Å². The van der Waals surface area contributed by atoms with Crippen molar-refractivity contribution in [3.05, 3.63) is 258 Å². The monoisotopic (exact) mass is 860 g/mol. The van der Waals surface area contributed by atoms with Gasteiger partial charge in [0.05, 0.1) is 28.7 Å². The zero-order chi connectivity index (χ0) is 45.4. The largest absolute Gasteiger partial charge is 0.256 e. The Hall–Kier alpha value is -8.52. The molecular weight excluding hydrogens is 813 g/mol. The summed E-state index contributed by atoms with van der Waals surface area (Å²) >= 11 is 0. The van der Waals surface area contributed by atoms with Gasteiger partial charge in [-0.15, -0.1) is 0 Å². The van der Waals surface area contributed by atoms with Crippen LogP contribution in [0.5, 0.6) is 0 Å². The molecule has 67 heavy (non-hydrogen) atoms. The van der Waals surface area contributed by atoms with Crippen LogP contribution < -0.4 is 0 Å². The number of aryl methyl sites for hydroxylation is 5. The van der Waals surface area contributed by atoms with Gasteiger partial charge in [0.2, 0.25) is 0 Å². The van der Waals surface area contributed by atoms with Gasteiger partial charge in [0.25, 0.3) is 0 Å². The lowest BCUT2D eigenvalue weighted by atomic mass is 9.86. The van der Waals surface area contributed by atoms with Crippen molar-refractivity contribution >= 4 is 0 Å². The van der Waals surface area contributed by atoms with E-state index in [9.17, 15) is 5.26 Å². The number of rotatable bonds is 13. The molecule has 0 bridgehead atoms. The Morgan fingerprint density at radius 2 is 0.776 bits per heavy atom. The molecule has 10 rings (SSSR count). The number of hydrogen-bond donors (Lipinski definition) is 0. The first-order valence-corrected chi connectivity index (χ1v) is 22.9. The highest BCUT2D eigenvalue weighted by Crippen LogP contribution is 2.41. The fourth-order valence-corrected chi connectivity index (χ4v) is 9.03. The van der Waals surface area contributed by atoms with Crippen molar-refractivity contribution < 1.29 is 0 Å². The van der Waals surface area contributed by atoms with Crippen molar-refractivity contribution in [2.24, 2.45) is 0 Å². The first-order valence-electron chi connectivity index (χ1n) is 22.9. The van der Waals surface area contributed by atoms with Crippen LogP contribution in [0.15, 0.2) is 225 Å². The van der Waals surface area contributed by atoms with Gasteiger partial charge < -0.3 is 0 Å². The highest BCUT2D eigenvalue weighted by atomic mass is 14.7. The number of benzene rings is 7. The summed E-state index contributed by atoms with van der Waals surface area (Å²) in [7, 11) is 0. The summed E-state index contributed by atoms with van der Waals surface area (Å²) in [6, 6.07) is 75.9. The minimum atomic E-state index is 0.700. The maximum absolute atomic E-state index is 9.54. The van der Waals surface area contributed by atoms with Crippen molar-refractivity contribution in [2.75, 3.05) is 0 Å². The normalized spacial score (nSPS) is 11.0. The Morgan fingerprint density at radius 3 is 1.30 bits per heavy atom. The highest BCUT2D eigenvalue weighted by Gasteiger charge is 2.17. The molecule has 7 aromatic carbocycles. The lowest BCUT2D eigenvalue weighted by Crippen LogP contribution is -1.98. The Morgan fingerprint density at radius 1 is 0.328 bits per heavy atom. The molecule has 0 saturated carbocycles. The summed E-state index contributed by atoms with van der Waals surface area (Å²) in [6.07, 6.45) is 9.24. The molecule has 0 amide bonds. The number of nitriles is 1. The molecular formula is C63H48N4. The van der Waals surface area contributed by atoms with E-state index in [2.05, 4.69) is 174 Å². The Kier molecular flexibility index (Phi) is 12.5. The van der Waals surface area contributed by atoms with Crippen LogP contribution >= 0.6 is 0 Å². The van der Waals surface area contributed by atoms with Crippen molar-refractivity contribution in [3.8, 4) is 84.3 Å². The molecule has 4 heteroatoms.